The van der Waals surface area contributed by atoms with E-state index in [2.05, 4.69) is 5.32 Å². The van der Waals surface area contributed by atoms with Gasteiger partial charge in [-0.25, -0.2) is 9.18 Å². The van der Waals surface area contributed by atoms with Crippen LogP contribution in [0.25, 0.3) is 0 Å². The van der Waals surface area contributed by atoms with Gasteiger partial charge in [0.2, 0.25) is 11.8 Å². The van der Waals surface area contributed by atoms with Crippen molar-refractivity contribution in [3.63, 3.8) is 0 Å². The number of rotatable bonds is 2. The van der Waals surface area contributed by atoms with Crippen LogP contribution in [0.15, 0.2) is 18.2 Å². The molecule has 3 aliphatic heterocycles. The average molecular weight is 361 g/mol. The Hall–Kier alpha value is -2.64. The summed E-state index contributed by atoms with van der Waals surface area (Å²) < 4.78 is 18.6. The van der Waals surface area contributed by atoms with E-state index in [1.807, 2.05) is 0 Å². The summed E-state index contributed by atoms with van der Waals surface area (Å²) in [4.78, 5) is 40.0. The molecule has 0 bridgehead atoms. The standard InChI is InChI=1S/C18H20FN3O4/c19-11-1-2-15-13(9-11)14(10-16(23)20-15)17(24)21-5-3-12(4-6-21)22-7-8-26-18(22)25/h1-2,9,12,14H,3-8,10H2,(H,20,23)/t14-/m1/s1. The van der Waals surface area contributed by atoms with E-state index >= 15 is 0 Å². The number of piperidine rings is 1. The third kappa shape index (κ3) is 3.00. The molecule has 0 unspecified atom stereocenters. The first-order valence-corrected chi connectivity index (χ1v) is 8.84. The molecule has 26 heavy (non-hydrogen) atoms. The number of hydrogen-bond acceptors (Lipinski definition) is 4. The molecule has 0 aromatic heterocycles. The SMILES string of the molecule is O=C1C[C@@H](C(=O)N2CCC(N3CCOC3=O)CC2)c2cc(F)ccc2N1. The Morgan fingerprint density at radius 1 is 1.19 bits per heavy atom. The van der Waals surface area contributed by atoms with E-state index in [1.165, 1.54) is 18.2 Å². The van der Waals surface area contributed by atoms with Crippen molar-refractivity contribution >= 4 is 23.6 Å². The summed E-state index contributed by atoms with van der Waals surface area (Å²) in [6.45, 7) is 2.02. The molecule has 2 fully saturated rings. The van der Waals surface area contributed by atoms with Gasteiger partial charge in [0.15, 0.2) is 0 Å². The molecule has 4 rings (SSSR count). The van der Waals surface area contributed by atoms with Gasteiger partial charge in [0.25, 0.3) is 0 Å². The molecule has 1 aromatic rings. The van der Waals surface area contributed by atoms with Crippen molar-refractivity contribution in [3.8, 4) is 0 Å². The van der Waals surface area contributed by atoms with Gasteiger partial charge >= 0.3 is 6.09 Å². The van der Waals surface area contributed by atoms with Crippen molar-refractivity contribution in [3.05, 3.63) is 29.6 Å². The minimum absolute atomic E-state index is 0.0215. The Kier molecular flexibility index (Phi) is 4.26. The second kappa shape index (κ2) is 6.59. The first kappa shape index (κ1) is 16.8. The van der Waals surface area contributed by atoms with Crippen molar-refractivity contribution in [1.82, 2.24) is 9.80 Å². The minimum atomic E-state index is -0.664. The first-order chi connectivity index (χ1) is 12.5. The molecule has 1 N–H and O–H groups in total. The number of likely N-dealkylation sites (tertiary alicyclic amines) is 1. The van der Waals surface area contributed by atoms with Crippen LogP contribution in [-0.2, 0) is 14.3 Å². The van der Waals surface area contributed by atoms with Gasteiger partial charge < -0.3 is 19.9 Å². The Bertz CT molecular complexity index is 761. The maximum atomic E-state index is 13.6. The predicted molar refractivity (Wildman–Crippen MR) is 90.0 cm³/mol. The van der Waals surface area contributed by atoms with Gasteiger partial charge in [-0.2, -0.15) is 0 Å². The van der Waals surface area contributed by atoms with Gasteiger partial charge in [-0.15, -0.1) is 0 Å². The molecule has 3 aliphatic rings. The summed E-state index contributed by atoms with van der Waals surface area (Å²) in [6, 6.07) is 4.16. The third-order valence-corrected chi connectivity index (χ3v) is 5.36. The zero-order valence-electron chi connectivity index (χ0n) is 14.2. The fraction of sp³-hybridized carbons (Fsp3) is 0.500. The van der Waals surface area contributed by atoms with E-state index in [4.69, 9.17) is 4.74 Å². The number of fused-ring (bicyclic) bond motifs is 1. The molecule has 0 saturated carbocycles. The fourth-order valence-electron chi connectivity index (χ4n) is 4.01. The number of nitrogens with zero attached hydrogens (tertiary/aromatic N) is 2. The van der Waals surface area contributed by atoms with Crippen LogP contribution >= 0.6 is 0 Å². The van der Waals surface area contributed by atoms with Gasteiger partial charge in [-0.1, -0.05) is 0 Å². The summed E-state index contributed by atoms with van der Waals surface area (Å²) in [6.07, 6.45) is 1.09. The van der Waals surface area contributed by atoms with Crippen LogP contribution in [0.1, 0.15) is 30.7 Å². The number of halogens is 1. The molecular formula is C18H20FN3O4. The summed E-state index contributed by atoms with van der Waals surface area (Å²) in [5, 5.41) is 2.69. The molecule has 7 nitrogen and oxygen atoms in total. The molecular weight excluding hydrogens is 341 g/mol. The highest BCUT2D eigenvalue weighted by molar-refractivity contribution is 6.01. The van der Waals surface area contributed by atoms with Crippen LogP contribution in [-0.4, -0.2) is 60.0 Å². The van der Waals surface area contributed by atoms with Crippen molar-refractivity contribution in [1.29, 1.82) is 0 Å². The van der Waals surface area contributed by atoms with Crippen molar-refractivity contribution in [2.75, 3.05) is 31.6 Å². The van der Waals surface area contributed by atoms with Crippen LogP contribution in [0.2, 0.25) is 0 Å². The van der Waals surface area contributed by atoms with Gasteiger partial charge in [0.05, 0.1) is 12.5 Å². The molecule has 2 saturated heterocycles. The van der Waals surface area contributed by atoms with Gasteiger partial charge in [-0.3, -0.25) is 9.59 Å². The molecule has 8 heteroatoms. The number of nitrogens with one attached hydrogen (secondary N) is 1. The highest BCUT2D eigenvalue weighted by atomic mass is 19.1. The van der Waals surface area contributed by atoms with E-state index < -0.39 is 11.7 Å². The number of cyclic esters (lactones) is 1. The zero-order valence-corrected chi connectivity index (χ0v) is 14.2. The Morgan fingerprint density at radius 3 is 2.65 bits per heavy atom. The second-order valence-electron chi connectivity index (χ2n) is 6.90. The van der Waals surface area contributed by atoms with Gasteiger partial charge in [0.1, 0.15) is 12.4 Å². The lowest BCUT2D eigenvalue weighted by Crippen LogP contribution is -2.48. The highest BCUT2D eigenvalue weighted by Crippen LogP contribution is 2.35. The molecule has 3 amide bonds. The third-order valence-electron chi connectivity index (χ3n) is 5.36. The lowest BCUT2D eigenvalue weighted by molar-refractivity contribution is -0.136. The smallest absolute Gasteiger partial charge is 0.410 e. The van der Waals surface area contributed by atoms with Crippen LogP contribution in [0.4, 0.5) is 14.9 Å². The van der Waals surface area contributed by atoms with Crippen LogP contribution in [0.3, 0.4) is 0 Å². The molecule has 138 valence electrons. The molecule has 0 radical (unpaired) electrons. The van der Waals surface area contributed by atoms with Crippen LogP contribution in [0.5, 0.6) is 0 Å². The van der Waals surface area contributed by atoms with Crippen molar-refractivity contribution < 1.29 is 23.5 Å². The molecule has 1 aromatic carbocycles. The monoisotopic (exact) mass is 361 g/mol. The molecule has 0 aliphatic carbocycles. The first-order valence-electron chi connectivity index (χ1n) is 8.84. The minimum Gasteiger partial charge on any atom is -0.448 e. The maximum absolute atomic E-state index is 13.6. The summed E-state index contributed by atoms with van der Waals surface area (Å²) in [7, 11) is 0. The van der Waals surface area contributed by atoms with E-state index in [0.29, 0.717) is 50.3 Å². The number of hydrogen-bond donors (Lipinski definition) is 1. The number of carbonyl (C=O) groups excluding carboxylic acids is 3. The zero-order chi connectivity index (χ0) is 18.3. The number of anilines is 1. The van der Waals surface area contributed by atoms with E-state index in [-0.39, 0.29) is 30.4 Å². The largest absolute Gasteiger partial charge is 0.448 e. The number of amides is 3. The fourth-order valence-corrected chi connectivity index (χ4v) is 4.01. The quantitative estimate of drug-likeness (QED) is 0.870. The second-order valence-corrected chi connectivity index (χ2v) is 6.90. The average Bonchev–Trinajstić information content (AvgIpc) is 3.07. The van der Waals surface area contributed by atoms with Crippen LogP contribution in [0, 0.1) is 5.82 Å². The summed E-state index contributed by atoms with van der Waals surface area (Å²) >= 11 is 0. The lowest BCUT2D eigenvalue weighted by Gasteiger charge is -2.37. The van der Waals surface area contributed by atoms with Gasteiger partial charge in [0, 0.05) is 31.2 Å². The summed E-state index contributed by atoms with van der Waals surface area (Å²) in [5.41, 5.74) is 1.02. The summed E-state index contributed by atoms with van der Waals surface area (Å²) in [5.74, 6) is -1.49. The number of benzene rings is 1. The molecule has 0 spiro atoms. The van der Waals surface area contributed by atoms with E-state index in [9.17, 15) is 18.8 Å². The topological polar surface area (TPSA) is 79.0 Å². The normalized spacial score (nSPS) is 23.5. The predicted octanol–water partition coefficient (Wildman–Crippen LogP) is 1.69. The van der Waals surface area contributed by atoms with Gasteiger partial charge in [-0.05, 0) is 36.6 Å². The van der Waals surface area contributed by atoms with E-state index in [1.54, 1.807) is 9.80 Å². The van der Waals surface area contributed by atoms with E-state index in [0.717, 1.165) is 0 Å². The maximum Gasteiger partial charge on any atom is 0.410 e. The van der Waals surface area contributed by atoms with Crippen molar-refractivity contribution in [2.45, 2.75) is 31.2 Å². The Balaban J connectivity index is 1.46. The Labute approximate surface area is 150 Å². The molecule has 3 heterocycles. The highest BCUT2D eigenvalue weighted by Gasteiger charge is 2.37. The Morgan fingerprint density at radius 2 is 1.96 bits per heavy atom. The van der Waals surface area contributed by atoms with Crippen LogP contribution < -0.4 is 5.32 Å². The number of ether oxygens (including phenoxy) is 1. The molecule has 1 atom stereocenters. The lowest BCUT2D eigenvalue weighted by atomic mass is 9.88. The van der Waals surface area contributed by atoms with Crippen molar-refractivity contribution in [2.24, 2.45) is 0 Å². The number of carbonyl (C=O) groups is 3.